The van der Waals surface area contributed by atoms with E-state index in [1.807, 2.05) is 0 Å². The molecule has 150 valence electrons. The number of aromatic nitrogens is 2. The minimum Gasteiger partial charge on any atom is -0.478 e. The van der Waals surface area contributed by atoms with Crippen LogP contribution in [0.5, 0.6) is 0 Å². The van der Waals surface area contributed by atoms with Crippen LogP contribution < -0.4 is 0 Å². The van der Waals surface area contributed by atoms with Crippen molar-refractivity contribution in [1.82, 2.24) is 14.7 Å². The zero-order chi connectivity index (χ0) is 20.7. The van der Waals surface area contributed by atoms with Crippen LogP contribution in [0.2, 0.25) is 0 Å². The molecule has 1 atom stereocenters. The Morgan fingerprint density at radius 3 is 2.39 bits per heavy atom. The third kappa shape index (κ3) is 3.61. The molecule has 1 aliphatic heterocycles. The second-order valence-corrected chi connectivity index (χ2v) is 7.31. The fourth-order valence-electron chi connectivity index (χ4n) is 3.39. The van der Waals surface area contributed by atoms with Crippen LogP contribution in [0.4, 0.5) is 13.2 Å². The summed E-state index contributed by atoms with van der Waals surface area (Å²) in [5.74, 6) is -1.88. The molecule has 0 saturated carbocycles. The van der Waals surface area contributed by atoms with Gasteiger partial charge in [-0.05, 0) is 42.5 Å². The van der Waals surface area contributed by atoms with Crippen LogP contribution in [0, 0.1) is 5.41 Å². The number of carboxylic acid groups (broad SMARTS) is 1. The van der Waals surface area contributed by atoms with Crippen LogP contribution in [0.3, 0.4) is 0 Å². The molecule has 0 bridgehead atoms. The zero-order valence-electron chi connectivity index (χ0n) is 15.5. The van der Waals surface area contributed by atoms with E-state index in [0.717, 1.165) is 12.8 Å². The maximum Gasteiger partial charge on any atom is 0.434 e. The molecular formula is C19H20F3N3O3. The predicted molar refractivity (Wildman–Crippen MR) is 94.4 cm³/mol. The number of carbonyl (C=O) groups is 2. The summed E-state index contributed by atoms with van der Waals surface area (Å²) in [6.45, 7) is 5.49. The summed E-state index contributed by atoms with van der Waals surface area (Å²) in [4.78, 5) is 25.5. The first kappa shape index (κ1) is 19.9. The van der Waals surface area contributed by atoms with Crippen LogP contribution in [-0.2, 0) is 6.18 Å². The van der Waals surface area contributed by atoms with Crippen molar-refractivity contribution in [2.75, 3.05) is 13.1 Å². The molecule has 1 aromatic heterocycles. The van der Waals surface area contributed by atoms with E-state index in [1.54, 1.807) is 4.90 Å². The van der Waals surface area contributed by atoms with Gasteiger partial charge in [0.25, 0.3) is 5.91 Å². The van der Waals surface area contributed by atoms with Gasteiger partial charge in [0.2, 0.25) is 0 Å². The number of likely N-dealkylation sites (tertiary alicyclic amines) is 1. The van der Waals surface area contributed by atoms with Crippen molar-refractivity contribution < 1.29 is 27.9 Å². The van der Waals surface area contributed by atoms with E-state index in [9.17, 15) is 22.8 Å². The molecule has 0 spiro atoms. The molecule has 2 heterocycles. The highest BCUT2D eigenvalue weighted by molar-refractivity contribution is 5.94. The SMILES string of the molecule is CCC1(C)CCN(C(=O)c2ccc(-n3ncc(C(=O)O)c3C(F)(F)F)cc2)C1. The average Bonchev–Trinajstić information content (AvgIpc) is 3.26. The second-order valence-electron chi connectivity index (χ2n) is 7.31. The summed E-state index contributed by atoms with van der Waals surface area (Å²) in [7, 11) is 0. The molecular weight excluding hydrogens is 375 g/mol. The first-order valence-electron chi connectivity index (χ1n) is 8.84. The third-order valence-electron chi connectivity index (χ3n) is 5.33. The molecule has 28 heavy (non-hydrogen) atoms. The van der Waals surface area contributed by atoms with Crippen molar-refractivity contribution in [3.05, 3.63) is 47.3 Å². The molecule has 0 aliphatic carbocycles. The number of halogens is 3. The lowest BCUT2D eigenvalue weighted by atomic mass is 9.87. The molecule has 1 N–H and O–H groups in total. The van der Waals surface area contributed by atoms with Gasteiger partial charge in [-0.25, -0.2) is 9.48 Å². The van der Waals surface area contributed by atoms with Crippen molar-refractivity contribution in [3.63, 3.8) is 0 Å². The van der Waals surface area contributed by atoms with E-state index in [4.69, 9.17) is 5.11 Å². The lowest BCUT2D eigenvalue weighted by Gasteiger charge is -2.22. The Labute approximate surface area is 159 Å². The van der Waals surface area contributed by atoms with Crippen molar-refractivity contribution in [1.29, 1.82) is 0 Å². The van der Waals surface area contributed by atoms with Crippen molar-refractivity contribution >= 4 is 11.9 Å². The molecule has 3 rings (SSSR count). The number of rotatable bonds is 4. The first-order chi connectivity index (χ1) is 13.1. The van der Waals surface area contributed by atoms with Crippen LogP contribution >= 0.6 is 0 Å². The van der Waals surface area contributed by atoms with Crippen molar-refractivity contribution in [2.24, 2.45) is 5.41 Å². The highest BCUT2D eigenvalue weighted by Gasteiger charge is 2.40. The molecule has 1 amide bonds. The lowest BCUT2D eigenvalue weighted by molar-refractivity contribution is -0.143. The fourth-order valence-corrected chi connectivity index (χ4v) is 3.39. The first-order valence-corrected chi connectivity index (χ1v) is 8.84. The predicted octanol–water partition coefficient (Wildman–Crippen LogP) is 3.85. The molecule has 6 nitrogen and oxygen atoms in total. The Hall–Kier alpha value is -2.84. The fraction of sp³-hybridized carbons (Fsp3) is 0.421. The van der Waals surface area contributed by atoms with E-state index >= 15 is 0 Å². The number of amides is 1. The molecule has 2 aromatic rings. The van der Waals surface area contributed by atoms with Crippen molar-refractivity contribution in [3.8, 4) is 5.69 Å². The Morgan fingerprint density at radius 2 is 1.89 bits per heavy atom. The van der Waals surface area contributed by atoms with Crippen LogP contribution in [0.15, 0.2) is 30.5 Å². The smallest absolute Gasteiger partial charge is 0.434 e. The Morgan fingerprint density at radius 1 is 1.25 bits per heavy atom. The van der Waals surface area contributed by atoms with Gasteiger partial charge in [-0.3, -0.25) is 4.79 Å². The Balaban J connectivity index is 1.88. The third-order valence-corrected chi connectivity index (χ3v) is 5.33. The number of nitrogens with zero attached hydrogens (tertiary/aromatic N) is 3. The quantitative estimate of drug-likeness (QED) is 0.853. The molecule has 1 unspecified atom stereocenters. The molecule has 1 aromatic carbocycles. The van der Waals surface area contributed by atoms with E-state index in [-0.39, 0.29) is 17.0 Å². The van der Waals surface area contributed by atoms with Crippen molar-refractivity contribution in [2.45, 2.75) is 32.9 Å². The van der Waals surface area contributed by atoms with E-state index in [2.05, 4.69) is 18.9 Å². The van der Waals surface area contributed by atoms with E-state index < -0.39 is 23.4 Å². The van der Waals surface area contributed by atoms with Gasteiger partial charge in [-0.2, -0.15) is 18.3 Å². The molecule has 1 saturated heterocycles. The minimum absolute atomic E-state index is 0.0243. The van der Waals surface area contributed by atoms with Gasteiger partial charge in [0.05, 0.1) is 11.9 Å². The summed E-state index contributed by atoms with van der Waals surface area (Å²) in [5.41, 5.74) is -1.82. The van der Waals surface area contributed by atoms with Crippen LogP contribution in [-0.4, -0.2) is 44.8 Å². The Kier molecular flexibility index (Phi) is 4.95. The summed E-state index contributed by atoms with van der Waals surface area (Å²) in [6, 6.07) is 5.52. The average molecular weight is 395 g/mol. The maximum absolute atomic E-state index is 13.3. The molecule has 9 heteroatoms. The molecule has 1 aliphatic rings. The topological polar surface area (TPSA) is 75.4 Å². The lowest BCUT2D eigenvalue weighted by Crippen LogP contribution is -2.30. The van der Waals surface area contributed by atoms with Gasteiger partial charge in [-0.1, -0.05) is 13.8 Å². The number of benzene rings is 1. The zero-order valence-corrected chi connectivity index (χ0v) is 15.5. The maximum atomic E-state index is 13.3. The molecule has 1 fully saturated rings. The number of carboxylic acids is 1. The largest absolute Gasteiger partial charge is 0.478 e. The van der Waals surface area contributed by atoms with Gasteiger partial charge in [0.1, 0.15) is 5.56 Å². The summed E-state index contributed by atoms with van der Waals surface area (Å²) in [5, 5.41) is 12.6. The minimum atomic E-state index is -4.89. The Bertz CT molecular complexity index is 905. The second kappa shape index (κ2) is 6.96. The molecule has 0 radical (unpaired) electrons. The highest BCUT2D eigenvalue weighted by atomic mass is 19.4. The number of carbonyl (C=O) groups excluding carboxylic acids is 1. The van der Waals surface area contributed by atoms with Gasteiger partial charge in [0.15, 0.2) is 5.69 Å². The standard InChI is InChI=1S/C19H20F3N3O3/c1-3-18(2)8-9-24(11-18)16(26)12-4-6-13(7-5-12)25-15(19(20,21)22)14(10-23-25)17(27)28/h4-7,10H,3,8-9,11H2,1-2H3,(H,27,28). The summed E-state index contributed by atoms with van der Waals surface area (Å²) in [6.07, 6.45) is -2.35. The van der Waals surface area contributed by atoms with E-state index in [0.29, 0.717) is 29.5 Å². The number of aromatic carboxylic acids is 1. The number of hydrogen-bond acceptors (Lipinski definition) is 3. The van der Waals surface area contributed by atoms with Gasteiger partial charge >= 0.3 is 12.1 Å². The normalized spacial score (nSPS) is 19.8. The van der Waals surface area contributed by atoms with Crippen LogP contribution in [0.1, 0.15) is 53.1 Å². The summed E-state index contributed by atoms with van der Waals surface area (Å²) < 4.78 is 40.5. The van der Waals surface area contributed by atoms with Gasteiger partial charge in [-0.15, -0.1) is 0 Å². The monoisotopic (exact) mass is 395 g/mol. The van der Waals surface area contributed by atoms with Crippen LogP contribution in [0.25, 0.3) is 5.69 Å². The van der Waals surface area contributed by atoms with E-state index in [1.165, 1.54) is 24.3 Å². The van der Waals surface area contributed by atoms with Gasteiger partial charge < -0.3 is 10.0 Å². The van der Waals surface area contributed by atoms with Gasteiger partial charge in [0, 0.05) is 18.7 Å². The highest BCUT2D eigenvalue weighted by Crippen LogP contribution is 2.35. The number of hydrogen-bond donors (Lipinski definition) is 1. The summed E-state index contributed by atoms with van der Waals surface area (Å²) >= 11 is 0. The number of alkyl halides is 3.